The number of imidazole rings is 1. The van der Waals surface area contributed by atoms with E-state index in [4.69, 9.17) is 11.6 Å². The smallest absolute Gasteiger partial charge is 0.185 e. The molecule has 0 atom stereocenters. The zero-order chi connectivity index (χ0) is 10.7. The first-order chi connectivity index (χ1) is 7.27. The van der Waals surface area contributed by atoms with Gasteiger partial charge in [-0.3, -0.25) is 4.79 Å². The van der Waals surface area contributed by atoms with E-state index in [0.717, 1.165) is 5.56 Å². The van der Waals surface area contributed by atoms with Crippen molar-refractivity contribution < 1.29 is 4.79 Å². The van der Waals surface area contributed by atoms with Gasteiger partial charge in [0, 0.05) is 11.4 Å². The first-order valence-corrected chi connectivity index (χ1v) is 4.90. The van der Waals surface area contributed by atoms with E-state index < -0.39 is 0 Å². The summed E-state index contributed by atoms with van der Waals surface area (Å²) in [5, 5.41) is 0.616. The molecule has 1 aromatic carbocycles. The highest BCUT2D eigenvalue weighted by atomic mass is 35.5. The maximum Gasteiger partial charge on any atom is 0.185 e. The van der Waals surface area contributed by atoms with Crippen molar-refractivity contribution in [2.24, 2.45) is 0 Å². The molecule has 1 heterocycles. The summed E-state index contributed by atoms with van der Waals surface area (Å²) < 4.78 is 0. The Balaban J connectivity index is 2.17. The topological polar surface area (TPSA) is 45.8 Å². The van der Waals surface area contributed by atoms with Crippen molar-refractivity contribution >= 4 is 17.4 Å². The quantitative estimate of drug-likeness (QED) is 0.808. The fourth-order valence-corrected chi connectivity index (χ4v) is 1.52. The highest BCUT2D eigenvalue weighted by Crippen LogP contribution is 2.16. The number of H-pyrrole nitrogens is 1. The Morgan fingerprint density at radius 1 is 1.40 bits per heavy atom. The Hall–Kier alpha value is -1.61. The highest BCUT2D eigenvalue weighted by Gasteiger charge is 2.09. The molecular weight excluding hydrogens is 212 g/mol. The summed E-state index contributed by atoms with van der Waals surface area (Å²) >= 11 is 5.95. The van der Waals surface area contributed by atoms with E-state index in [2.05, 4.69) is 9.97 Å². The number of carbonyl (C=O) groups excluding carboxylic acids is 1. The summed E-state index contributed by atoms with van der Waals surface area (Å²) in [5.74, 6) is -0.0133. The van der Waals surface area contributed by atoms with Crippen LogP contribution in [0.1, 0.15) is 16.1 Å². The van der Waals surface area contributed by atoms with Crippen LogP contribution in [0.3, 0.4) is 0 Å². The Kier molecular flexibility index (Phi) is 2.83. The van der Waals surface area contributed by atoms with E-state index in [0.29, 0.717) is 17.1 Å². The average molecular weight is 221 g/mol. The lowest BCUT2D eigenvalue weighted by Gasteiger charge is -2.01. The van der Waals surface area contributed by atoms with E-state index in [9.17, 15) is 4.79 Å². The number of ketones is 1. The van der Waals surface area contributed by atoms with Crippen LogP contribution < -0.4 is 0 Å². The van der Waals surface area contributed by atoms with Gasteiger partial charge in [0.15, 0.2) is 5.78 Å². The van der Waals surface area contributed by atoms with E-state index in [1.54, 1.807) is 6.07 Å². The normalized spacial score (nSPS) is 10.2. The number of nitrogens with one attached hydrogen (secondary N) is 1. The number of aromatic amines is 1. The third kappa shape index (κ3) is 2.25. The lowest BCUT2D eigenvalue weighted by atomic mass is 10.1. The molecule has 0 aliphatic heterocycles. The maximum atomic E-state index is 11.7. The fraction of sp³-hybridized carbons (Fsp3) is 0.0909. The lowest BCUT2D eigenvalue weighted by Crippen LogP contribution is -2.04. The van der Waals surface area contributed by atoms with Crippen LogP contribution in [0.25, 0.3) is 0 Å². The zero-order valence-electron chi connectivity index (χ0n) is 7.90. The Morgan fingerprint density at radius 2 is 2.20 bits per heavy atom. The summed E-state index contributed by atoms with van der Waals surface area (Å²) in [7, 11) is 0. The van der Waals surface area contributed by atoms with Crippen LogP contribution in [-0.2, 0) is 6.42 Å². The average Bonchev–Trinajstić information content (AvgIpc) is 2.74. The minimum Gasteiger partial charge on any atom is -0.342 e. The number of rotatable bonds is 3. The number of halogens is 1. The number of benzene rings is 1. The minimum absolute atomic E-state index is 0.0133. The van der Waals surface area contributed by atoms with Crippen molar-refractivity contribution in [1.29, 1.82) is 0 Å². The van der Waals surface area contributed by atoms with E-state index in [1.807, 2.05) is 18.2 Å². The Morgan fingerprint density at radius 3 is 2.87 bits per heavy atom. The number of carbonyl (C=O) groups is 1. The molecule has 0 amide bonds. The molecule has 2 rings (SSSR count). The predicted octanol–water partition coefficient (Wildman–Crippen LogP) is 2.49. The second-order valence-electron chi connectivity index (χ2n) is 3.16. The van der Waals surface area contributed by atoms with Crippen molar-refractivity contribution in [2.45, 2.75) is 6.42 Å². The van der Waals surface area contributed by atoms with Gasteiger partial charge in [0.1, 0.15) is 5.69 Å². The molecule has 0 bridgehead atoms. The lowest BCUT2D eigenvalue weighted by molar-refractivity contribution is 0.0988. The van der Waals surface area contributed by atoms with Gasteiger partial charge < -0.3 is 4.98 Å². The van der Waals surface area contributed by atoms with Crippen LogP contribution in [0.5, 0.6) is 0 Å². The fourth-order valence-electron chi connectivity index (χ4n) is 1.32. The van der Waals surface area contributed by atoms with Gasteiger partial charge in [-0.25, -0.2) is 4.98 Å². The number of aromatic nitrogens is 2. The first-order valence-electron chi connectivity index (χ1n) is 4.52. The Labute approximate surface area is 92.1 Å². The number of hydrogen-bond donors (Lipinski definition) is 1. The molecule has 1 aromatic heterocycles. The number of nitrogens with zero attached hydrogens (tertiary/aromatic N) is 1. The van der Waals surface area contributed by atoms with E-state index >= 15 is 0 Å². The molecule has 0 saturated heterocycles. The third-order valence-corrected chi connectivity index (χ3v) is 2.48. The van der Waals surface area contributed by atoms with Crippen molar-refractivity contribution in [1.82, 2.24) is 9.97 Å². The van der Waals surface area contributed by atoms with Crippen molar-refractivity contribution in [3.63, 3.8) is 0 Å². The van der Waals surface area contributed by atoms with Crippen LogP contribution >= 0.6 is 11.6 Å². The summed E-state index contributed by atoms with van der Waals surface area (Å²) in [6, 6.07) is 7.32. The first kappa shape index (κ1) is 9.93. The molecule has 4 heteroatoms. The standard InChI is InChI=1S/C11H9ClN2O/c12-9-4-2-1-3-8(9)5-11(15)10-6-13-7-14-10/h1-4,6-7H,5H2,(H,13,14). The van der Waals surface area contributed by atoms with Crippen LogP contribution in [0.2, 0.25) is 5.02 Å². The number of Topliss-reactive ketones (excluding diaryl/α,β-unsaturated/α-hetero) is 1. The summed E-state index contributed by atoms with van der Waals surface area (Å²) in [6.45, 7) is 0. The maximum absolute atomic E-state index is 11.7. The van der Waals surface area contributed by atoms with Gasteiger partial charge in [-0.2, -0.15) is 0 Å². The van der Waals surface area contributed by atoms with E-state index in [-0.39, 0.29) is 5.78 Å². The van der Waals surface area contributed by atoms with Crippen LogP contribution in [0.15, 0.2) is 36.8 Å². The minimum atomic E-state index is -0.0133. The van der Waals surface area contributed by atoms with Crippen LogP contribution in [0.4, 0.5) is 0 Å². The highest BCUT2D eigenvalue weighted by molar-refractivity contribution is 6.31. The molecule has 0 aliphatic rings. The molecule has 0 spiro atoms. The molecule has 0 fully saturated rings. The Bertz CT molecular complexity index is 465. The monoisotopic (exact) mass is 220 g/mol. The molecule has 0 unspecified atom stereocenters. The van der Waals surface area contributed by atoms with Gasteiger partial charge in [0.2, 0.25) is 0 Å². The molecule has 76 valence electrons. The van der Waals surface area contributed by atoms with Gasteiger partial charge in [-0.05, 0) is 11.6 Å². The molecule has 2 aromatic rings. The van der Waals surface area contributed by atoms with Gasteiger partial charge in [0.05, 0.1) is 12.5 Å². The van der Waals surface area contributed by atoms with E-state index in [1.165, 1.54) is 12.5 Å². The van der Waals surface area contributed by atoms with Crippen molar-refractivity contribution in [2.75, 3.05) is 0 Å². The SMILES string of the molecule is O=C(Cc1ccccc1Cl)c1cnc[nH]1. The molecule has 0 radical (unpaired) electrons. The second kappa shape index (κ2) is 4.28. The summed E-state index contributed by atoms with van der Waals surface area (Å²) in [5.41, 5.74) is 1.34. The summed E-state index contributed by atoms with van der Waals surface area (Å²) in [4.78, 5) is 18.3. The van der Waals surface area contributed by atoms with Crippen LogP contribution in [-0.4, -0.2) is 15.8 Å². The van der Waals surface area contributed by atoms with Gasteiger partial charge in [0.25, 0.3) is 0 Å². The van der Waals surface area contributed by atoms with Crippen molar-refractivity contribution in [3.05, 3.63) is 53.1 Å². The third-order valence-electron chi connectivity index (χ3n) is 2.11. The van der Waals surface area contributed by atoms with Crippen molar-refractivity contribution in [3.8, 4) is 0 Å². The zero-order valence-corrected chi connectivity index (χ0v) is 8.66. The largest absolute Gasteiger partial charge is 0.342 e. The predicted molar refractivity (Wildman–Crippen MR) is 58.1 cm³/mol. The molecule has 15 heavy (non-hydrogen) atoms. The van der Waals surface area contributed by atoms with Crippen LogP contribution in [0, 0.1) is 0 Å². The number of hydrogen-bond acceptors (Lipinski definition) is 2. The summed E-state index contributed by atoms with van der Waals surface area (Å²) in [6.07, 6.45) is 3.29. The second-order valence-corrected chi connectivity index (χ2v) is 3.56. The molecule has 0 aliphatic carbocycles. The van der Waals surface area contributed by atoms with Gasteiger partial charge in [-0.15, -0.1) is 0 Å². The molecular formula is C11H9ClN2O. The molecule has 0 saturated carbocycles. The van der Waals surface area contributed by atoms with Gasteiger partial charge >= 0.3 is 0 Å². The van der Waals surface area contributed by atoms with Gasteiger partial charge in [-0.1, -0.05) is 29.8 Å². The molecule has 3 nitrogen and oxygen atoms in total. The molecule has 1 N–H and O–H groups in total.